The molecule has 4 heteroatoms. The second kappa shape index (κ2) is 5.48. The molecule has 0 saturated carbocycles. The largest absolute Gasteiger partial charge is 1.00 e. The SMILES string of the molecule is COc1ccc2c(C[N+](C)(C)C)cn(C)c2c1.[I-]. The van der Waals surface area contributed by atoms with E-state index in [0.29, 0.717) is 0 Å². The molecular formula is C14H21IN2O. The predicted octanol–water partition coefficient (Wildman–Crippen LogP) is -0.603. The van der Waals surface area contributed by atoms with Crippen LogP contribution in [0.3, 0.4) is 0 Å². The molecule has 0 bridgehead atoms. The fraction of sp³-hybridized carbons (Fsp3) is 0.429. The maximum atomic E-state index is 5.27. The summed E-state index contributed by atoms with van der Waals surface area (Å²) in [4.78, 5) is 0. The van der Waals surface area contributed by atoms with Crippen LogP contribution in [0.1, 0.15) is 5.56 Å². The molecule has 18 heavy (non-hydrogen) atoms. The Hall–Kier alpha value is -0.750. The first kappa shape index (κ1) is 15.3. The van der Waals surface area contributed by atoms with Crippen molar-refractivity contribution < 1.29 is 33.2 Å². The number of fused-ring (bicyclic) bond motifs is 1. The minimum absolute atomic E-state index is 0. The van der Waals surface area contributed by atoms with Crippen LogP contribution in [0.4, 0.5) is 0 Å². The van der Waals surface area contributed by atoms with Crippen molar-refractivity contribution in [2.75, 3.05) is 28.3 Å². The maximum absolute atomic E-state index is 5.27. The number of hydrogen-bond acceptors (Lipinski definition) is 1. The van der Waals surface area contributed by atoms with Crippen molar-refractivity contribution in [2.24, 2.45) is 7.05 Å². The average Bonchev–Trinajstić information content (AvgIpc) is 2.53. The topological polar surface area (TPSA) is 14.2 Å². The number of halogens is 1. The van der Waals surface area contributed by atoms with Crippen molar-refractivity contribution in [3.05, 3.63) is 30.0 Å². The van der Waals surface area contributed by atoms with Crippen LogP contribution >= 0.6 is 0 Å². The number of hydrogen-bond donors (Lipinski definition) is 0. The molecule has 0 N–H and O–H groups in total. The highest BCUT2D eigenvalue weighted by Crippen LogP contribution is 2.26. The van der Waals surface area contributed by atoms with Gasteiger partial charge in [-0.2, -0.15) is 0 Å². The first-order valence-electron chi connectivity index (χ1n) is 5.83. The fourth-order valence-electron chi connectivity index (χ4n) is 2.21. The molecule has 3 nitrogen and oxygen atoms in total. The number of aryl methyl sites for hydroxylation is 1. The Morgan fingerprint density at radius 2 is 1.89 bits per heavy atom. The Morgan fingerprint density at radius 3 is 2.44 bits per heavy atom. The zero-order chi connectivity index (χ0) is 12.6. The molecule has 0 aliphatic carbocycles. The summed E-state index contributed by atoms with van der Waals surface area (Å²) in [6, 6.07) is 6.27. The van der Waals surface area contributed by atoms with E-state index in [1.54, 1.807) is 7.11 Å². The molecule has 0 unspecified atom stereocenters. The van der Waals surface area contributed by atoms with Crippen molar-refractivity contribution in [1.29, 1.82) is 0 Å². The van der Waals surface area contributed by atoms with E-state index in [1.807, 2.05) is 6.07 Å². The number of aromatic nitrogens is 1. The van der Waals surface area contributed by atoms with E-state index in [-0.39, 0.29) is 24.0 Å². The smallest absolute Gasteiger partial charge is 0.120 e. The van der Waals surface area contributed by atoms with Gasteiger partial charge in [0.1, 0.15) is 12.3 Å². The van der Waals surface area contributed by atoms with Gasteiger partial charge in [0.15, 0.2) is 0 Å². The molecule has 100 valence electrons. The molecule has 0 amide bonds. The molecule has 2 rings (SSSR count). The van der Waals surface area contributed by atoms with E-state index in [4.69, 9.17) is 4.74 Å². The van der Waals surface area contributed by atoms with Crippen molar-refractivity contribution >= 4 is 10.9 Å². The van der Waals surface area contributed by atoms with E-state index in [9.17, 15) is 0 Å². The number of nitrogens with zero attached hydrogens (tertiary/aromatic N) is 2. The van der Waals surface area contributed by atoms with Gasteiger partial charge in [0, 0.05) is 30.3 Å². The first-order valence-corrected chi connectivity index (χ1v) is 5.83. The van der Waals surface area contributed by atoms with Crippen LogP contribution in [-0.4, -0.2) is 37.3 Å². The zero-order valence-electron chi connectivity index (χ0n) is 11.7. The van der Waals surface area contributed by atoms with Gasteiger partial charge in [-0.05, 0) is 12.1 Å². The highest BCUT2D eigenvalue weighted by atomic mass is 127. The monoisotopic (exact) mass is 360 g/mol. The van der Waals surface area contributed by atoms with Crippen LogP contribution in [0.2, 0.25) is 0 Å². The van der Waals surface area contributed by atoms with Gasteiger partial charge in [0.25, 0.3) is 0 Å². The third kappa shape index (κ3) is 3.17. The van der Waals surface area contributed by atoms with Crippen molar-refractivity contribution in [3.63, 3.8) is 0 Å². The average molecular weight is 360 g/mol. The van der Waals surface area contributed by atoms with Gasteiger partial charge in [0.05, 0.1) is 33.8 Å². The lowest BCUT2D eigenvalue weighted by atomic mass is 10.1. The molecule has 0 atom stereocenters. The molecule has 0 spiro atoms. The summed E-state index contributed by atoms with van der Waals surface area (Å²) < 4.78 is 8.38. The Labute approximate surface area is 126 Å². The van der Waals surface area contributed by atoms with E-state index >= 15 is 0 Å². The van der Waals surface area contributed by atoms with Crippen LogP contribution < -0.4 is 28.7 Å². The molecule has 2 aromatic rings. The summed E-state index contributed by atoms with van der Waals surface area (Å²) in [7, 11) is 10.4. The lowest BCUT2D eigenvalue weighted by Gasteiger charge is -2.23. The van der Waals surface area contributed by atoms with E-state index in [2.05, 4.69) is 51.1 Å². The lowest BCUT2D eigenvalue weighted by Crippen LogP contribution is -3.00. The molecule has 0 aliphatic heterocycles. The summed E-state index contributed by atoms with van der Waals surface area (Å²) in [5.74, 6) is 0.912. The van der Waals surface area contributed by atoms with Crippen molar-refractivity contribution in [2.45, 2.75) is 6.54 Å². The van der Waals surface area contributed by atoms with Crippen LogP contribution in [0.15, 0.2) is 24.4 Å². The normalized spacial score (nSPS) is 11.4. The summed E-state index contributed by atoms with van der Waals surface area (Å²) in [6.07, 6.45) is 2.22. The minimum atomic E-state index is 0. The number of ether oxygens (including phenoxy) is 1. The van der Waals surface area contributed by atoms with Crippen LogP contribution in [0, 0.1) is 0 Å². The Balaban J connectivity index is 0.00000162. The molecule has 0 saturated heterocycles. The van der Waals surface area contributed by atoms with Gasteiger partial charge in [-0.25, -0.2) is 0 Å². The second-order valence-corrected chi connectivity index (χ2v) is 5.60. The van der Waals surface area contributed by atoms with Gasteiger partial charge in [0.2, 0.25) is 0 Å². The second-order valence-electron chi connectivity index (χ2n) is 5.60. The fourth-order valence-corrected chi connectivity index (χ4v) is 2.21. The number of benzene rings is 1. The molecule has 0 aliphatic rings. The molecule has 1 heterocycles. The Morgan fingerprint density at radius 1 is 1.22 bits per heavy atom. The standard InChI is InChI=1S/C14H21N2O.HI/c1-15-9-11(10-16(2,3)4)13-7-6-12(17-5)8-14(13)15;/h6-9H,10H2,1-5H3;1H/q+1;/p-1. The number of rotatable bonds is 3. The third-order valence-corrected chi connectivity index (χ3v) is 2.93. The third-order valence-electron chi connectivity index (χ3n) is 2.93. The highest BCUT2D eigenvalue weighted by molar-refractivity contribution is 5.85. The summed E-state index contributed by atoms with van der Waals surface area (Å²) >= 11 is 0. The highest BCUT2D eigenvalue weighted by Gasteiger charge is 2.14. The summed E-state index contributed by atoms with van der Waals surface area (Å²) in [6.45, 7) is 1.03. The number of methoxy groups -OCH3 is 1. The van der Waals surface area contributed by atoms with E-state index in [0.717, 1.165) is 16.8 Å². The number of quaternary nitrogens is 1. The van der Waals surface area contributed by atoms with Crippen LogP contribution in [0.25, 0.3) is 10.9 Å². The minimum Gasteiger partial charge on any atom is -1.00 e. The molecule has 1 aromatic heterocycles. The van der Waals surface area contributed by atoms with Crippen molar-refractivity contribution in [3.8, 4) is 5.75 Å². The molecule has 1 aromatic carbocycles. The van der Waals surface area contributed by atoms with Gasteiger partial charge < -0.3 is 37.8 Å². The maximum Gasteiger partial charge on any atom is 0.120 e. The lowest BCUT2D eigenvalue weighted by molar-refractivity contribution is -0.883. The zero-order valence-corrected chi connectivity index (χ0v) is 13.9. The first-order chi connectivity index (χ1) is 7.90. The van der Waals surface area contributed by atoms with E-state index < -0.39 is 0 Å². The quantitative estimate of drug-likeness (QED) is 0.527. The Bertz CT molecular complexity index is 540. The predicted molar refractivity (Wildman–Crippen MR) is 71.2 cm³/mol. The van der Waals surface area contributed by atoms with Crippen LogP contribution in [-0.2, 0) is 13.6 Å². The summed E-state index contributed by atoms with van der Waals surface area (Å²) in [5.41, 5.74) is 2.62. The molecule has 0 radical (unpaired) electrons. The van der Waals surface area contributed by atoms with Gasteiger partial charge >= 0.3 is 0 Å². The summed E-state index contributed by atoms with van der Waals surface area (Å²) in [5, 5.41) is 1.32. The molecular weight excluding hydrogens is 339 g/mol. The Kier molecular flexibility index (Phi) is 4.66. The van der Waals surface area contributed by atoms with Gasteiger partial charge in [-0.3, -0.25) is 0 Å². The van der Waals surface area contributed by atoms with Crippen LogP contribution in [0.5, 0.6) is 5.75 Å². The van der Waals surface area contributed by atoms with Gasteiger partial charge in [-0.15, -0.1) is 0 Å². The molecule has 0 fully saturated rings. The van der Waals surface area contributed by atoms with Crippen molar-refractivity contribution in [1.82, 2.24) is 4.57 Å². The van der Waals surface area contributed by atoms with Gasteiger partial charge in [-0.1, -0.05) is 0 Å². The van der Waals surface area contributed by atoms with E-state index in [1.165, 1.54) is 16.5 Å².